The molecule has 0 N–H and O–H groups in total. The van der Waals surface area contributed by atoms with Crippen LogP contribution in [0.3, 0.4) is 0 Å². The van der Waals surface area contributed by atoms with Crippen LogP contribution in [-0.2, 0) is 31.1 Å². The zero-order valence-electron chi connectivity index (χ0n) is 18.9. The Morgan fingerprint density at radius 2 is 1.70 bits per heavy atom. The van der Waals surface area contributed by atoms with Crippen molar-refractivity contribution in [3.8, 4) is 0 Å². The van der Waals surface area contributed by atoms with Gasteiger partial charge >= 0.3 is 0 Å². The molecule has 2 aliphatic rings. The van der Waals surface area contributed by atoms with E-state index < -0.39 is 5.41 Å². The minimum atomic E-state index is -1.22. The number of carbonyl (C=O) groups is 4. The van der Waals surface area contributed by atoms with Crippen molar-refractivity contribution in [3.05, 3.63) is 71.3 Å². The summed E-state index contributed by atoms with van der Waals surface area (Å²) >= 11 is 0. The Bertz CT molecular complexity index is 1050. The Hall–Kier alpha value is -3.48. The van der Waals surface area contributed by atoms with Crippen LogP contribution in [0.15, 0.2) is 54.6 Å². The predicted molar refractivity (Wildman–Crippen MR) is 123 cm³/mol. The quantitative estimate of drug-likeness (QED) is 0.503. The van der Waals surface area contributed by atoms with Gasteiger partial charge < -0.3 is 9.80 Å². The van der Waals surface area contributed by atoms with Gasteiger partial charge in [-0.2, -0.15) is 0 Å². The lowest BCUT2D eigenvalue weighted by Crippen LogP contribution is -2.44. The van der Waals surface area contributed by atoms with Gasteiger partial charge in [-0.15, -0.1) is 0 Å². The Labute approximate surface area is 194 Å². The van der Waals surface area contributed by atoms with Crippen LogP contribution in [0.2, 0.25) is 0 Å². The molecule has 0 spiro atoms. The molecule has 2 aromatic rings. The predicted octanol–water partition coefficient (Wildman–Crippen LogP) is 2.27. The van der Waals surface area contributed by atoms with E-state index in [9.17, 15) is 19.2 Å². The number of benzene rings is 2. The maximum absolute atomic E-state index is 13.9. The molecule has 4 rings (SSSR count). The first-order chi connectivity index (χ1) is 15.9. The largest absolute Gasteiger partial charge is 0.343 e. The molecule has 1 atom stereocenters. The second kappa shape index (κ2) is 9.57. The van der Waals surface area contributed by atoms with Gasteiger partial charge in [-0.25, -0.2) is 0 Å². The second-order valence-corrected chi connectivity index (χ2v) is 8.90. The Balaban J connectivity index is 1.65. The fourth-order valence-electron chi connectivity index (χ4n) is 4.94. The molecular formula is C26H29N3O4. The van der Waals surface area contributed by atoms with E-state index in [1.165, 1.54) is 4.90 Å². The number of carbonyl (C=O) groups excluding carboxylic acids is 4. The van der Waals surface area contributed by atoms with Crippen LogP contribution >= 0.6 is 0 Å². The maximum atomic E-state index is 13.9. The van der Waals surface area contributed by atoms with Crippen LogP contribution in [0.5, 0.6) is 0 Å². The van der Waals surface area contributed by atoms with E-state index in [2.05, 4.69) is 0 Å². The normalized spacial score (nSPS) is 21.3. The summed E-state index contributed by atoms with van der Waals surface area (Å²) in [4.78, 5) is 56.2. The fourth-order valence-corrected chi connectivity index (χ4v) is 4.94. The number of rotatable bonds is 6. The minimum Gasteiger partial charge on any atom is -0.343 e. The van der Waals surface area contributed by atoms with Crippen LogP contribution in [-0.4, -0.2) is 65.0 Å². The van der Waals surface area contributed by atoms with Gasteiger partial charge in [0.15, 0.2) is 0 Å². The van der Waals surface area contributed by atoms with E-state index in [1.54, 1.807) is 9.80 Å². The summed E-state index contributed by atoms with van der Waals surface area (Å²) in [6, 6.07) is 16.9. The van der Waals surface area contributed by atoms with E-state index in [-0.39, 0.29) is 37.1 Å². The molecule has 0 saturated carbocycles. The number of likely N-dealkylation sites (tertiary alicyclic amines) is 1. The zero-order chi connectivity index (χ0) is 23.4. The molecule has 0 bridgehead atoms. The summed E-state index contributed by atoms with van der Waals surface area (Å²) in [7, 11) is 0. The molecular weight excluding hydrogens is 418 g/mol. The van der Waals surface area contributed by atoms with Crippen molar-refractivity contribution in [3.63, 3.8) is 0 Å². The number of aryl methyl sites for hydroxylation is 1. The number of amides is 4. The fraction of sp³-hybridized carbons (Fsp3) is 0.385. The van der Waals surface area contributed by atoms with E-state index in [4.69, 9.17) is 0 Å². The van der Waals surface area contributed by atoms with Crippen molar-refractivity contribution in [2.24, 2.45) is 0 Å². The number of hydrogen-bond donors (Lipinski definition) is 0. The number of imide groups is 1. The van der Waals surface area contributed by atoms with Crippen LogP contribution in [0.25, 0.3) is 0 Å². The van der Waals surface area contributed by atoms with Gasteiger partial charge in [-0.3, -0.25) is 24.1 Å². The van der Waals surface area contributed by atoms with Gasteiger partial charge in [-0.1, -0.05) is 54.6 Å². The highest BCUT2D eigenvalue weighted by Crippen LogP contribution is 2.42. The summed E-state index contributed by atoms with van der Waals surface area (Å²) in [5, 5.41) is 0. The third kappa shape index (κ3) is 4.53. The van der Waals surface area contributed by atoms with Gasteiger partial charge in [0.2, 0.25) is 24.1 Å². The summed E-state index contributed by atoms with van der Waals surface area (Å²) in [6.45, 7) is 4.14. The molecule has 0 radical (unpaired) electrons. The van der Waals surface area contributed by atoms with Gasteiger partial charge in [0.25, 0.3) is 0 Å². The van der Waals surface area contributed by atoms with Crippen LogP contribution in [0.4, 0.5) is 0 Å². The lowest BCUT2D eigenvalue weighted by Gasteiger charge is -2.31. The van der Waals surface area contributed by atoms with Crippen molar-refractivity contribution in [1.82, 2.24) is 14.7 Å². The molecule has 2 aromatic carbocycles. The summed E-state index contributed by atoms with van der Waals surface area (Å²) in [6.07, 6.45) is 1.41. The Morgan fingerprint density at radius 3 is 2.42 bits per heavy atom. The summed E-state index contributed by atoms with van der Waals surface area (Å²) in [5.74, 6) is -0.736. The number of nitrogens with zero attached hydrogens (tertiary/aromatic N) is 3. The first-order valence-electron chi connectivity index (χ1n) is 11.4. The number of hydrogen-bond acceptors (Lipinski definition) is 4. The lowest BCUT2D eigenvalue weighted by atomic mass is 9.74. The topological polar surface area (TPSA) is 78.0 Å². The SMILES string of the molecule is Cc1ccccc1C1(CC(=O)N2CCCN(C=O)CC2)CC(=O)N(Cc2ccccc2)C1=O. The smallest absolute Gasteiger partial charge is 0.241 e. The van der Waals surface area contributed by atoms with Crippen molar-refractivity contribution >= 4 is 24.1 Å². The van der Waals surface area contributed by atoms with Crippen molar-refractivity contribution < 1.29 is 19.2 Å². The molecule has 0 aliphatic carbocycles. The third-order valence-electron chi connectivity index (χ3n) is 6.74. The molecule has 4 amide bonds. The monoisotopic (exact) mass is 447 g/mol. The standard InChI is InChI=1S/C26H29N3O4/c1-20-8-5-6-11-22(20)26(16-23(31)28-13-7-12-27(19-30)14-15-28)17-24(32)29(25(26)33)18-21-9-3-2-4-10-21/h2-6,8-11,19H,7,12-18H2,1H3. The van der Waals surface area contributed by atoms with Crippen LogP contribution in [0.1, 0.15) is 36.0 Å². The highest BCUT2D eigenvalue weighted by molar-refractivity contribution is 6.10. The Morgan fingerprint density at radius 1 is 0.970 bits per heavy atom. The van der Waals surface area contributed by atoms with Gasteiger partial charge in [0.1, 0.15) is 0 Å². The Kier molecular flexibility index (Phi) is 6.58. The van der Waals surface area contributed by atoms with Gasteiger partial charge in [-0.05, 0) is 30.0 Å². The molecule has 0 aromatic heterocycles. The van der Waals surface area contributed by atoms with E-state index in [0.29, 0.717) is 32.6 Å². The molecule has 1 unspecified atom stereocenters. The lowest BCUT2D eigenvalue weighted by molar-refractivity contribution is -0.143. The minimum absolute atomic E-state index is 0.0242. The molecule has 2 aliphatic heterocycles. The first-order valence-corrected chi connectivity index (χ1v) is 11.4. The molecule has 172 valence electrons. The first kappa shape index (κ1) is 22.7. The average molecular weight is 448 g/mol. The van der Waals surface area contributed by atoms with Crippen LogP contribution < -0.4 is 0 Å². The molecule has 7 heteroatoms. The average Bonchev–Trinajstić information content (AvgIpc) is 2.98. The van der Waals surface area contributed by atoms with Crippen LogP contribution in [0, 0.1) is 6.92 Å². The van der Waals surface area contributed by atoms with Crippen molar-refractivity contribution in [1.29, 1.82) is 0 Å². The maximum Gasteiger partial charge on any atom is 0.241 e. The zero-order valence-corrected chi connectivity index (χ0v) is 18.9. The molecule has 33 heavy (non-hydrogen) atoms. The molecule has 2 fully saturated rings. The summed E-state index contributed by atoms with van der Waals surface area (Å²) < 4.78 is 0. The van der Waals surface area contributed by atoms with Crippen molar-refractivity contribution in [2.75, 3.05) is 26.2 Å². The molecule has 2 heterocycles. The highest BCUT2D eigenvalue weighted by atomic mass is 16.2. The van der Waals surface area contributed by atoms with Crippen molar-refractivity contribution in [2.45, 2.75) is 38.1 Å². The molecule has 2 saturated heterocycles. The van der Waals surface area contributed by atoms with Gasteiger partial charge in [0.05, 0.1) is 12.0 Å². The van der Waals surface area contributed by atoms with E-state index in [0.717, 1.165) is 23.1 Å². The summed E-state index contributed by atoms with van der Waals surface area (Å²) in [5.41, 5.74) is 1.27. The third-order valence-corrected chi connectivity index (χ3v) is 6.74. The van der Waals surface area contributed by atoms with Gasteiger partial charge in [0, 0.05) is 39.0 Å². The van der Waals surface area contributed by atoms with E-state index >= 15 is 0 Å². The highest BCUT2D eigenvalue weighted by Gasteiger charge is 2.54. The molecule has 7 nitrogen and oxygen atoms in total. The second-order valence-electron chi connectivity index (χ2n) is 8.90. The van der Waals surface area contributed by atoms with E-state index in [1.807, 2.05) is 61.5 Å².